The van der Waals surface area contributed by atoms with Crippen molar-refractivity contribution in [3.63, 3.8) is 0 Å². The van der Waals surface area contributed by atoms with E-state index < -0.39 is 44.1 Å². The summed E-state index contributed by atoms with van der Waals surface area (Å²) < 4.78 is 19.0. The number of nitrogens with zero attached hydrogens (tertiary/aromatic N) is 1. The highest BCUT2D eigenvalue weighted by atomic mass is 28.4. The standard InChI is InChI=1S/C17H30N2O6Si/c1-7-23-10-11-13(21)14(25-26(5,6)17(2,3)4)15(24-11)19-9-8-12(20)18-16(19)22/h8-9,11,13-15,21H,7,10H2,1-6H3,(H,18,20,22)/t11-,13?,14+,15-/m1/s1. The highest BCUT2D eigenvalue weighted by Gasteiger charge is 2.50. The van der Waals surface area contributed by atoms with Gasteiger partial charge in [0.2, 0.25) is 0 Å². The van der Waals surface area contributed by atoms with Gasteiger partial charge in [0.25, 0.3) is 5.56 Å². The Labute approximate surface area is 154 Å². The summed E-state index contributed by atoms with van der Waals surface area (Å²) in [6.07, 6.45) is -1.77. The summed E-state index contributed by atoms with van der Waals surface area (Å²) in [7, 11) is -2.24. The molecule has 1 aromatic heterocycles. The average Bonchev–Trinajstić information content (AvgIpc) is 2.80. The Morgan fingerprint density at radius 3 is 2.54 bits per heavy atom. The molecule has 0 saturated carbocycles. The Hall–Kier alpha value is -1.26. The lowest BCUT2D eigenvalue weighted by Gasteiger charge is -2.40. The summed E-state index contributed by atoms with van der Waals surface area (Å²) in [4.78, 5) is 25.8. The maximum Gasteiger partial charge on any atom is 0.330 e. The van der Waals surface area contributed by atoms with E-state index in [1.807, 2.05) is 6.92 Å². The predicted octanol–water partition coefficient (Wildman–Crippen LogP) is 1.22. The number of hydrogen-bond acceptors (Lipinski definition) is 6. The zero-order valence-corrected chi connectivity index (χ0v) is 17.3. The van der Waals surface area contributed by atoms with Gasteiger partial charge in [-0.25, -0.2) is 4.79 Å². The highest BCUT2D eigenvalue weighted by Crippen LogP contribution is 2.41. The van der Waals surface area contributed by atoms with Gasteiger partial charge in [-0.3, -0.25) is 14.3 Å². The molecule has 1 unspecified atom stereocenters. The van der Waals surface area contributed by atoms with Crippen LogP contribution in [0.15, 0.2) is 21.9 Å². The highest BCUT2D eigenvalue weighted by molar-refractivity contribution is 6.74. The summed E-state index contributed by atoms with van der Waals surface area (Å²) in [6.45, 7) is 13.0. The molecule has 148 valence electrons. The average molecular weight is 387 g/mol. The Morgan fingerprint density at radius 1 is 1.35 bits per heavy atom. The first kappa shape index (κ1) is 21.0. The number of aliphatic hydroxyl groups is 1. The molecule has 2 heterocycles. The molecule has 0 bridgehead atoms. The van der Waals surface area contributed by atoms with Crippen LogP contribution in [0.3, 0.4) is 0 Å². The van der Waals surface area contributed by atoms with Crippen molar-refractivity contribution in [1.82, 2.24) is 9.55 Å². The molecule has 0 spiro atoms. The first-order chi connectivity index (χ1) is 12.0. The first-order valence-electron chi connectivity index (χ1n) is 8.88. The number of aliphatic hydroxyl groups excluding tert-OH is 1. The minimum Gasteiger partial charge on any atom is -0.407 e. The van der Waals surface area contributed by atoms with Crippen LogP contribution in [-0.2, 0) is 13.9 Å². The van der Waals surface area contributed by atoms with Crippen molar-refractivity contribution < 1.29 is 19.0 Å². The molecule has 26 heavy (non-hydrogen) atoms. The molecule has 4 atom stereocenters. The van der Waals surface area contributed by atoms with Crippen molar-refractivity contribution >= 4 is 8.32 Å². The molecule has 9 heteroatoms. The maximum atomic E-state index is 12.2. The van der Waals surface area contributed by atoms with Gasteiger partial charge in [0.15, 0.2) is 14.5 Å². The Bertz CT molecular complexity index is 723. The van der Waals surface area contributed by atoms with Crippen molar-refractivity contribution in [2.45, 2.75) is 70.4 Å². The van der Waals surface area contributed by atoms with E-state index in [2.05, 4.69) is 38.8 Å². The van der Waals surface area contributed by atoms with Crippen LogP contribution >= 0.6 is 0 Å². The van der Waals surface area contributed by atoms with E-state index in [1.54, 1.807) is 0 Å². The molecular weight excluding hydrogens is 356 g/mol. The van der Waals surface area contributed by atoms with E-state index in [4.69, 9.17) is 13.9 Å². The van der Waals surface area contributed by atoms with Gasteiger partial charge in [0, 0.05) is 18.9 Å². The molecule has 8 nitrogen and oxygen atoms in total. The Balaban J connectivity index is 2.38. The van der Waals surface area contributed by atoms with Crippen molar-refractivity contribution in [3.05, 3.63) is 33.1 Å². The molecule has 1 saturated heterocycles. The summed E-state index contributed by atoms with van der Waals surface area (Å²) in [5, 5.41) is 10.7. The van der Waals surface area contributed by atoms with Gasteiger partial charge in [-0.15, -0.1) is 0 Å². The van der Waals surface area contributed by atoms with Crippen molar-refractivity contribution in [1.29, 1.82) is 0 Å². The van der Waals surface area contributed by atoms with Crippen LogP contribution in [0.5, 0.6) is 0 Å². The molecule has 0 radical (unpaired) electrons. The topological polar surface area (TPSA) is 103 Å². The third kappa shape index (κ3) is 4.34. The van der Waals surface area contributed by atoms with Crippen molar-refractivity contribution in [3.8, 4) is 0 Å². The number of rotatable bonds is 6. The first-order valence-corrected chi connectivity index (χ1v) is 11.8. The normalized spacial score (nSPS) is 27.0. The number of ether oxygens (including phenoxy) is 2. The third-order valence-corrected chi connectivity index (χ3v) is 9.64. The van der Waals surface area contributed by atoms with E-state index in [0.717, 1.165) is 0 Å². The SMILES string of the molecule is CCOC[C@H]1O[C@@H](n2ccc(=O)[nH]c2=O)[C@@H](O[Si](C)(C)C(C)(C)C)C1O. The van der Waals surface area contributed by atoms with Gasteiger partial charge < -0.3 is 19.0 Å². The van der Waals surface area contributed by atoms with E-state index >= 15 is 0 Å². The quantitative estimate of drug-likeness (QED) is 0.713. The fourth-order valence-corrected chi connectivity index (χ4v) is 3.88. The van der Waals surface area contributed by atoms with Crippen molar-refractivity contribution in [2.75, 3.05) is 13.2 Å². The van der Waals surface area contributed by atoms with Gasteiger partial charge in [-0.1, -0.05) is 20.8 Å². The molecular formula is C17H30N2O6Si. The van der Waals surface area contributed by atoms with Gasteiger partial charge in [0.1, 0.15) is 18.3 Å². The Kier molecular flexibility index (Phi) is 6.29. The predicted molar refractivity (Wildman–Crippen MR) is 99.8 cm³/mol. The summed E-state index contributed by atoms with van der Waals surface area (Å²) in [5.74, 6) is 0. The van der Waals surface area contributed by atoms with Crippen molar-refractivity contribution in [2.24, 2.45) is 0 Å². The van der Waals surface area contributed by atoms with Gasteiger partial charge in [-0.2, -0.15) is 0 Å². The molecule has 1 aliphatic rings. The lowest BCUT2D eigenvalue weighted by molar-refractivity contribution is -0.0660. The molecule has 0 aliphatic carbocycles. The van der Waals surface area contributed by atoms with Crippen LogP contribution in [0.2, 0.25) is 18.1 Å². The molecule has 0 aromatic carbocycles. The number of hydrogen-bond donors (Lipinski definition) is 2. The van der Waals surface area contributed by atoms with Crippen LogP contribution in [0.25, 0.3) is 0 Å². The molecule has 1 aliphatic heterocycles. The van der Waals surface area contributed by atoms with Crippen LogP contribution in [-0.4, -0.2) is 54.5 Å². The van der Waals surface area contributed by atoms with E-state index in [-0.39, 0.29) is 11.6 Å². The van der Waals surface area contributed by atoms with Crippen LogP contribution in [0, 0.1) is 0 Å². The molecule has 1 fully saturated rings. The molecule has 2 rings (SSSR count). The lowest BCUT2D eigenvalue weighted by atomic mass is 10.1. The molecule has 2 N–H and O–H groups in total. The van der Waals surface area contributed by atoms with Gasteiger partial charge >= 0.3 is 5.69 Å². The fraction of sp³-hybridized carbons (Fsp3) is 0.765. The zero-order chi connectivity index (χ0) is 19.7. The number of aromatic nitrogens is 2. The third-order valence-electron chi connectivity index (χ3n) is 5.16. The van der Waals surface area contributed by atoms with Crippen LogP contribution in [0.4, 0.5) is 0 Å². The minimum atomic E-state index is -2.24. The molecule has 0 amide bonds. The smallest absolute Gasteiger partial charge is 0.330 e. The summed E-state index contributed by atoms with van der Waals surface area (Å²) in [5.41, 5.74) is -1.09. The summed E-state index contributed by atoms with van der Waals surface area (Å²) in [6, 6.07) is 1.25. The van der Waals surface area contributed by atoms with Crippen LogP contribution < -0.4 is 11.2 Å². The monoisotopic (exact) mass is 386 g/mol. The second-order valence-corrected chi connectivity index (χ2v) is 12.8. The van der Waals surface area contributed by atoms with E-state index in [1.165, 1.54) is 16.8 Å². The largest absolute Gasteiger partial charge is 0.407 e. The second kappa shape index (κ2) is 7.77. The van der Waals surface area contributed by atoms with Gasteiger partial charge in [0.05, 0.1) is 6.61 Å². The van der Waals surface area contributed by atoms with Gasteiger partial charge in [-0.05, 0) is 25.1 Å². The minimum absolute atomic E-state index is 0.0781. The molecule has 1 aromatic rings. The number of H-pyrrole nitrogens is 1. The number of nitrogens with one attached hydrogen (secondary N) is 1. The zero-order valence-electron chi connectivity index (χ0n) is 16.3. The maximum absolute atomic E-state index is 12.2. The van der Waals surface area contributed by atoms with E-state index in [9.17, 15) is 14.7 Å². The summed E-state index contributed by atoms with van der Waals surface area (Å²) >= 11 is 0. The lowest BCUT2D eigenvalue weighted by Crippen LogP contribution is -2.49. The second-order valence-electron chi connectivity index (χ2n) is 8.08. The number of aromatic amines is 1. The fourth-order valence-electron chi connectivity index (χ4n) is 2.59. The van der Waals surface area contributed by atoms with Crippen LogP contribution in [0.1, 0.15) is 33.9 Å². The Morgan fingerprint density at radius 2 is 2.00 bits per heavy atom. The van der Waals surface area contributed by atoms with E-state index in [0.29, 0.717) is 6.61 Å².